The lowest BCUT2D eigenvalue weighted by atomic mass is 9.93. The highest BCUT2D eigenvalue weighted by Crippen LogP contribution is 2.46. The highest BCUT2D eigenvalue weighted by Gasteiger charge is 2.51. The Morgan fingerprint density at radius 3 is 3.14 bits per heavy atom. The number of likely N-dealkylation sites (tertiary alicyclic amines) is 1. The SMILES string of the molecule is COCC(=O)N1CC2(C[C@H](Oc3ncccc3F)CS2)C1. The summed E-state index contributed by atoms with van der Waals surface area (Å²) in [5.41, 5.74) is 0. The van der Waals surface area contributed by atoms with E-state index in [0.717, 1.165) is 12.2 Å². The Kier molecular flexibility index (Phi) is 4.03. The van der Waals surface area contributed by atoms with Gasteiger partial charge in [0.25, 0.3) is 5.88 Å². The number of methoxy groups -OCH3 is 1. The van der Waals surface area contributed by atoms with Crippen molar-refractivity contribution in [3.05, 3.63) is 24.1 Å². The molecule has 21 heavy (non-hydrogen) atoms. The number of amides is 1. The van der Waals surface area contributed by atoms with Gasteiger partial charge in [-0.05, 0) is 12.1 Å². The maximum atomic E-state index is 13.5. The number of hydrogen-bond donors (Lipinski definition) is 0. The number of rotatable bonds is 4. The summed E-state index contributed by atoms with van der Waals surface area (Å²) in [6.07, 6.45) is 2.27. The molecule has 2 saturated heterocycles. The van der Waals surface area contributed by atoms with Gasteiger partial charge in [-0.15, -0.1) is 11.8 Å². The molecule has 3 heterocycles. The van der Waals surface area contributed by atoms with Crippen molar-refractivity contribution < 1.29 is 18.7 Å². The predicted molar refractivity (Wildman–Crippen MR) is 76.9 cm³/mol. The normalized spacial score (nSPS) is 23.1. The van der Waals surface area contributed by atoms with E-state index in [2.05, 4.69) is 4.98 Å². The Hall–Kier alpha value is -1.34. The number of aromatic nitrogens is 1. The molecule has 2 aliphatic heterocycles. The van der Waals surface area contributed by atoms with E-state index >= 15 is 0 Å². The van der Waals surface area contributed by atoms with E-state index in [-0.39, 0.29) is 29.2 Å². The van der Waals surface area contributed by atoms with Gasteiger partial charge in [0.05, 0.1) is 4.75 Å². The van der Waals surface area contributed by atoms with E-state index in [1.807, 2.05) is 0 Å². The number of pyridine rings is 1. The zero-order valence-corrected chi connectivity index (χ0v) is 12.6. The van der Waals surface area contributed by atoms with Crippen molar-refractivity contribution in [2.75, 3.05) is 32.6 Å². The van der Waals surface area contributed by atoms with E-state index in [4.69, 9.17) is 9.47 Å². The summed E-state index contributed by atoms with van der Waals surface area (Å²) >= 11 is 1.79. The summed E-state index contributed by atoms with van der Waals surface area (Å²) < 4.78 is 24.1. The molecule has 1 atom stereocenters. The van der Waals surface area contributed by atoms with Crippen LogP contribution in [0.2, 0.25) is 0 Å². The van der Waals surface area contributed by atoms with E-state index in [1.165, 1.54) is 25.4 Å². The second kappa shape index (κ2) is 5.81. The lowest BCUT2D eigenvalue weighted by molar-refractivity contribution is -0.140. The largest absolute Gasteiger partial charge is 0.471 e. The molecule has 1 aromatic rings. The van der Waals surface area contributed by atoms with E-state index in [0.29, 0.717) is 13.1 Å². The first kappa shape index (κ1) is 14.6. The van der Waals surface area contributed by atoms with Gasteiger partial charge < -0.3 is 14.4 Å². The molecule has 0 unspecified atom stereocenters. The molecule has 0 aliphatic carbocycles. The molecule has 5 nitrogen and oxygen atoms in total. The highest BCUT2D eigenvalue weighted by atomic mass is 32.2. The van der Waals surface area contributed by atoms with Gasteiger partial charge in [0, 0.05) is 38.6 Å². The molecule has 3 rings (SSSR count). The summed E-state index contributed by atoms with van der Waals surface area (Å²) in [4.78, 5) is 17.4. The molecule has 1 spiro atoms. The fourth-order valence-corrected chi connectivity index (χ4v) is 4.28. The zero-order chi connectivity index (χ0) is 14.9. The molecule has 7 heteroatoms. The fourth-order valence-electron chi connectivity index (χ4n) is 2.75. The third-order valence-electron chi connectivity index (χ3n) is 3.76. The quantitative estimate of drug-likeness (QED) is 0.839. The molecular formula is C14H17FN2O3S. The second-order valence-electron chi connectivity index (χ2n) is 5.41. The molecule has 0 saturated carbocycles. The third kappa shape index (κ3) is 2.98. The molecule has 0 aromatic carbocycles. The highest BCUT2D eigenvalue weighted by molar-refractivity contribution is 8.01. The van der Waals surface area contributed by atoms with Crippen LogP contribution in [-0.4, -0.2) is 59.2 Å². The smallest absolute Gasteiger partial charge is 0.250 e. The van der Waals surface area contributed by atoms with Crippen molar-refractivity contribution in [2.24, 2.45) is 0 Å². The van der Waals surface area contributed by atoms with Gasteiger partial charge in [0.2, 0.25) is 5.91 Å². The predicted octanol–water partition coefficient (Wildman–Crippen LogP) is 1.33. The van der Waals surface area contributed by atoms with Gasteiger partial charge in [-0.25, -0.2) is 9.37 Å². The van der Waals surface area contributed by atoms with Crippen molar-refractivity contribution >= 4 is 17.7 Å². The lowest BCUT2D eigenvalue weighted by Crippen LogP contribution is -2.61. The first-order valence-corrected chi connectivity index (χ1v) is 7.78. The van der Waals surface area contributed by atoms with Gasteiger partial charge in [0.1, 0.15) is 12.7 Å². The molecule has 0 bridgehead atoms. The Bertz CT molecular complexity index is 537. The lowest BCUT2D eigenvalue weighted by Gasteiger charge is -2.47. The van der Waals surface area contributed by atoms with Gasteiger partial charge in [0.15, 0.2) is 5.82 Å². The van der Waals surface area contributed by atoms with E-state index < -0.39 is 5.82 Å². The number of halogens is 1. The summed E-state index contributed by atoms with van der Waals surface area (Å²) in [5, 5.41) is 0. The third-order valence-corrected chi connectivity index (χ3v) is 5.33. The summed E-state index contributed by atoms with van der Waals surface area (Å²) in [6.45, 7) is 1.55. The van der Waals surface area contributed by atoms with Crippen LogP contribution in [0.25, 0.3) is 0 Å². The van der Waals surface area contributed by atoms with Gasteiger partial charge >= 0.3 is 0 Å². The minimum atomic E-state index is -0.436. The van der Waals surface area contributed by atoms with Gasteiger partial charge in [-0.3, -0.25) is 4.79 Å². The van der Waals surface area contributed by atoms with Crippen LogP contribution >= 0.6 is 11.8 Å². The molecule has 114 valence electrons. The molecule has 1 amide bonds. The number of carbonyl (C=O) groups excluding carboxylic acids is 1. The van der Waals surface area contributed by atoms with Gasteiger partial charge in [-0.1, -0.05) is 0 Å². The molecule has 1 aromatic heterocycles. The first-order chi connectivity index (χ1) is 10.1. The standard InChI is InChI=1S/C14H17FN2O3S/c1-19-6-12(18)17-8-14(9-17)5-10(7-21-14)20-13-11(15)3-2-4-16-13/h2-4,10H,5-9H2,1H3/t10-/m0/s1. The van der Waals surface area contributed by atoms with E-state index in [9.17, 15) is 9.18 Å². The fraction of sp³-hybridized carbons (Fsp3) is 0.571. The van der Waals surface area contributed by atoms with Crippen LogP contribution in [0, 0.1) is 5.82 Å². The summed E-state index contributed by atoms with van der Waals surface area (Å²) in [7, 11) is 1.52. The monoisotopic (exact) mass is 312 g/mol. The van der Waals surface area contributed by atoms with Crippen molar-refractivity contribution in [3.63, 3.8) is 0 Å². The Morgan fingerprint density at radius 1 is 1.62 bits per heavy atom. The van der Waals surface area contributed by atoms with Crippen molar-refractivity contribution in [3.8, 4) is 5.88 Å². The maximum Gasteiger partial charge on any atom is 0.250 e. The molecule has 0 radical (unpaired) electrons. The van der Waals surface area contributed by atoms with E-state index in [1.54, 1.807) is 16.7 Å². The molecule has 0 N–H and O–H groups in total. The average Bonchev–Trinajstić information content (AvgIpc) is 2.84. The van der Waals surface area contributed by atoms with Crippen molar-refractivity contribution in [1.29, 1.82) is 0 Å². The molecule has 2 aliphatic rings. The number of carbonyl (C=O) groups is 1. The Morgan fingerprint density at radius 2 is 2.43 bits per heavy atom. The van der Waals surface area contributed by atoms with Crippen molar-refractivity contribution in [1.82, 2.24) is 9.88 Å². The number of hydrogen-bond acceptors (Lipinski definition) is 5. The summed E-state index contributed by atoms with van der Waals surface area (Å²) in [5.74, 6) is 0.437. The maximum absolute atomic E-state index is 13.5. The summed E-state index contributed by atoms with van der Waals surface area (Å²) in [6, 6.07) is 2.88. The molecular weight excluding hydrogens is 295 g/mol. The average molecular weight is 312 g/mol. The topological polar surface area (TPSA) is 51.7 Å². The Balaban J connectivity index is 1.53. The van der Waals surface area contributed by atoms with Crippen LogP contribution < -0.4 is 4.74 Å². The van der Waals surface area contributed by atoms with Crippen LogP contribution in [0.15, 0.2) is 18.3 Å². The van der Waals surface area contributed by atoms with Crippen LogP contribution in [0.3, 0.4) is 0 Å². The van der Waals surface area contributed by atoms with Crippen molar-refractivity contribution in [2.45, 2.75) is 17.3 Å². The number of thioether (sulfide) groups is 1. The van der Waals surface area contributed by atoms with Gasteiger partial charge in [-0.2, -0.15) is 0 Å². The minimum Gasteiger partial charge on any atom is -0.471 e. The van der Waals surface area contributed by atoms with Crippen LogP contribution in [0.1, 0.15) is 6.42 Å². The number of nitrogens with zero attached hydrogens (tertiary/aromatic N) is 2. The minimum absolute atomic E-state index is 0.0175. The van der Waals surface area contributed by atoms with Crippen LogP contribution in [-0.2, 0) is 9.53 Å². The van der Waals surface area contributed by atoms with Crippen LogP contribution in [0.5, 0.6) is 5.88 Å². The zero-order valence-electron chi connectivity index (χ0n) is 11.8. The second-order valence-corrected chi connectivity index (χ2v) is 6.90. The van der Waals surface area contributed by atoms with Crippen LogP contribution in [0.4, 0.5) is 4.39 Å². The first-order valence-electron chi connectivity index (χ1n) is 6.80. The Labute approximate surface area is 126 Å². The molecule has 2 fully saturated rings. The number of ether oxygens (including phenoxy) is 2.